The van der Waals surface area contributed by atoms with Crippen LogP contribution in [0, 0.1) is 0 Å². The van der Waals surface area contributed by atoms with Gasteiger partial charge in [0.1, 0.15) is 0 Å². The number of rotatable bonds is 4. The Labute approximate surface area is 82.8 Å². The fourth-order valence-electron chi connectivity index (χ4n) is 1.08. The van der Waals surface area contributed by atoms with E-state index in [0.717, 1.165) is 0 Å². The molecule has 0 saturated carbocycles. The van der Waals surface area contributed by atoms with Crippen molar-refractivity contribution in [3.8, 4) is 0 Å². The maximum absolute atomic E-state index is 11.3. The molecule has 80 valence electrons. The lowest BCUT2D eigenvalue weighted by Gasteiger charge is -2.05. The normalized spacial score (nSPS) is 24.6. The van der Waals surface area contributed by atoms with Gasteiger partial charge < -0.3 is 14.8 Å². The molecule has 0 aromatic carbocycles. The molecule has 1 saturated heterocycles. The Balaban J connectivity index is 2.31. The van der Waals surface area contributed by atoms with E-state index in [-0.39, 0.29) is 11.9 Å². The van der Waals surface area contributed by atoms with Crippen LogP contribution >= 0.6 is 0 Å². The summed E-state index contributed by atoms with van der Waals surface area (Å²) < 4.78 is 9.61. The lowest BCUT2D eigenvalue weighted by molar-refractivity contribution is -0.144. The molecule has 1 aliphatic heterocycles. The third-order valence-electron chi connectivity index (χ3n) is 1.70. The van der Waals surface area contributed by atoms with Gasteiger partial charge >= 0.3 is 5.97 Å². The molecule has 1 fully saturated rings. The molecule has 14 heavy (non-hydrogen) atoms. The van der Waals surface area contributed by atoms with Gasteiger partial charge in [0, 0.05) is 6.04 Å². The summed E-state index contributed by atoms with van der Waals surface area (Å²) in [7, 11) is 0. The number of carbonyl (C=O) groups is 2. The van der Waals surface area contributed by atoms with E-state index in [1.54, 1.807) is 6.92 Å². The average Bonchev–Trinajstić information content (AvgIpc) is 2.81. The predicted molar refractivity (Wildman–Crippen MR) is 48.6 cm³/mol. The average molecular weight is 201 g/mol. The Kier molecular flexibility index (Phi) is 3.46. The van der Waals surface area contributed by atoms with Gasteiger partial charge in [0.05, 0.1) is 6.61 Å². The van der Waals surface area contributed by atoms with Crippen molar-refractivity contribution >= 4 is 11.9 Å². The zero-order valence-corrected chi connectivity index (χ0v) is 8.57. The Morgan fingerprint density at radius 1 is 1.43 bits per heavy atom. The number of nitrogens with one attached hydrogen (secondary N) is 1. The molecule has 1 N–H and O–H groups in total. The van der Waals surface area contributed by atoms with Crippen LogP contribution in [0.15, 0.2) is 0 Å². The van der Waals surface area contributed by atoms with E-state index in [1.165, 1.54) is 0 Å². The first-order valence-electron chi connectivity index (χ1n) is 4.68. The Morgan fingerprint density at radius 3 is 2.57 bits per heavy atom. The third-order valence-corrected chi connectivity index (χ3v) is 1.70. The van der Waals surface area contributed by atoms with Crippen LogP contribution in [0.5, 0.6) is 0 Å². The molecule has 0 aliphatic carbocycles. The van der Waals surface area contributed by atoms with Gasteiger partial charge in [-0.3, -0.25) is 4.79 Å². The quantitative estimate of drug-likeness (QED) is 0.507. The lowest BCUT2D eigenvalue weighted by atomic mass is 10.3. The monoisotopic (exact) mass is 201 g/mol. The van der Waals surface area contributed by atoms with E-state index < -0.39 is 18.2 Å². The van der Waals surface area contributed by atoms with Gasteiger partial charge in [-0.25, -0.2) is 4.79 Å². The zero-order valence-electron chi connectivity index (χ0n) is 8.57. The topological polar surface area (TPSA) is 67.9 Å². The first kappa shape index (κ1) is 11.0. The summed E-state index contributed by atoms with van der Waals surface area (Å²) in [5, 5.41) is 2.66. The standard InChI is InChI=1S/C9H15NO4/c1-4-13-9(12)7-6(14-7)8(11)10-5(2)3/h5-7H,4H2,1-3H3,(H,10,11)/t6-,7-/m1/s1. The van der Waals surface area contributed by atoms with Gasteiger partial charge in [0.25, 0.3) is 5.91 Å². The van der Waals surface area contributed by atoms with E-state index in [4.69, 9.17) is 9.47 Å². The minimum absolute atomic E-state index is 0.0505. The highest BCUT2D eigenvalue weighted by Crippen LogP contribution is 2.23. The van der Waals surface area contributed by atoms with Crippen molar-refractivity contribution in [2.24, 2.45) is 0 Å². The van der Waals surface area contributed by atoms with Gasteiger partial charge in [0.2, 0.25) is 0 Å². The van der Waals surface area contributed by atoms with Crippen molar-refractivity contribution in [3.63, 3.8) is 0 Å². The molecule has 0 radical (unpaired) electrons. The summed E-state index contributed by atoms with van der Waals surface area (Å²) in [6.07, 6.45) is -1.36. The van der Waals surface area contributed by atoms with Crippen molar-refractivity contribution in [1.82, 2.24) is 5.32 Å². The molecule has 0 aromatic heterocycles. The van der Waals surface area contributed by atoms with Crippen molar-refractivity contribution in [1.29, 1.82) is 0 Å². The maximum atomic E-state index is 11.3. The summed E-state index contributed by atoms with van der Waals surface area (Å²) in [6.45, 7) is 5.71. The Hall–Kier alpha value is -1.10. The minimum Gasteiger partial charge on any atom is -0.464 e. The first-order valence-corrected chi connectivity index (χ1v) is 4.68. The number of ether oxygens (including phenoxy) is 2. The first-order chi connectivity index (χ1) is 6.56. The number of carbonyl (C=O) groups excluding carboxylic acids is 2. The van der Waals surface area contributed by atoms with Crippen LogP contribution in [0.4, 0.5) is 0 Å². The second-order valence-electron chi connectivity index (χ2n) is 3.39. The molecule has 1 heterocycles. The minimum atomic E-state index is -0.700. The molecule has 0 aromatic rings. The van der Waals surface area contributed by atoms with Crippen LogP contribution in [0.3, 0.4) is 0 Å². The highest BCUT2D eigenvalue weighted by atomic mass is 16.6. The molecule has 1 rings (SSSR count). The molecule has 5 nitrogen and oxygen atoms in total. The number of esters is 1. The van der Waals surface area contributed by atoms with Crippen molar-refractivity contribution in [2.45, 2.75) is 39.0 Å². The molecule has 1 aliphatic rings. The summed E-state index contributed by atoms with van der Waals surface area (Å²) in [5.41, 5.74) is 0. The van der Waals surface area contributed by atoms with Crippen LogP contribution in [0.25, 0.3) is 0 Å². The fourth-order valence-corrected chi connectivity index (χ4v) is 1.08. The summed E-state index contributed by atoms with van der Waals surface area (Å²) in [6, 6.07) is 0.0505. The van der Waals surface area contributed by atoms with E-state index in [9.17, 15) is 9.59 Å². The van der Waals surface area contributed by atoms with Gasteiger partial charge in [-0.2, -0.15) is 0 Å². The van der Waals surface area contributed by atoms with Crippen LogP contribution in [0.1, 0.15) is 20.8 Å². The second-order valence-corrected chi connectivity index (χ2v) is 3.39. The number of amides is 1. The van der Waals surface area contributed by atoms with Gasteiger partial charge in [-0.05, 0) is 20.8 Å². The summed E-state index contributed by atoms with van der Waals surface area (Å²) in [4.78, 5) is 22.4. The van der Waals surface area contributed by atoms with Crippen LogP contribution in [-0.2, 0) is 19.1 Å². The second kappa shape index (κ2) is 4.41. The van der Waals surface area contributed by atoms with Crippen LogP contribution < -0.4 is 5.32 Å². The third kappa shape index (κ3) is 2.70. The molecular formula is C9H15NO4. The van der Waals surface area contributed by atoms with E-state index >= 15 is 0 Å². The number of hydrogen-bond acceptors (Lipinski definition) is 4. The van der Waals surface area contributed by atoms with Gasteiger partial charge in [-0.15, -0.1) is 0 Å². The van der Waals surface area contributed by atoms with Crippen LogP contribution in [-0.4, -0.2) is 36.7 Å². The molecule has 0 unspecified atom stereocenters. The lowest BCUT2D eigenvalue weighted by Crippen LogP contribution is -2.35. The molecule has 5 heteroatoms. The van der Waals surface area contributed by atoms with Gasteiger partial charge in [0.15, 0.2) is 12.2 Å². The molecule has 2 atom stereocenters. The highest BCUT2D eigenvalue weighted by Gasteiger charge is 2.51. The molecular weight excluding hydrogens is 186 g/mol. The zero-order chi connectivity index (χ0) is 10.7. The highest BCUT2D eigenvalue weighted by molar-refractivity contribution is 5.92. The maximum Gasteiger partial charge on any atom is 0.338 e. The van der Waals surface area contributed by atoms with Crippen molar-refractivity contribution < 1.29 is 19.1 Å². The Morgan fingerprint density at radius 2 is 2.07 bits per heavy atom. The number of epoxide rings is 1. The summed E-state index contributed by atoms with van der Waals surface area (Å²) in [5.74, 6) is -0.713. The fraction of sp³-hybridized carbons (Fsp3) is 0.778. The molecule has 0 bridgehead atoms. The smallest absolute Gasteiger partial charge is 0.338 e. The summed E-state index contributed by atoms with van der Waals surface area (Å²) >= 11 is 0. The number of hydrogen-bond donors (Lipinski definition) is 1. The molecule has 1 amide bonds. The Bertz CT molecular complexity index is 239. The van der Waals surface area contributed by atoms with E-state index in [2.05, 4.69) is 5.32 Å². The van der Waals surface area contributed by atoms with Gasteiger partial charge in [-0.1, -0.05) is 0 Å². The SMILES string of the molecule is CCOC(=O)[C@@H]1O[C@H]1C(=O)NC(C)C. The van der Waals surface area contributed by atoms with Crippen LogP contribution in [0.2, 0.25) is 0 Å². The largest absolute Gasteiger partial charge is 0.464 e. The van der Waals surface area contributed by atoms with E-state index in [0.29, 0.717) is 6.61 Å². The molecule has 0 spiro atoms. The van der Waals surface area contributed by atoms with Crippen molar-refractivity contribution in [2.75, 3.05) is 6.61 Å². The predicted octanol–water partition coefficient (Wildman–Crippen LogP) is -0.159. The van der Waals surface area contributed by atoms with Crippen molar-refractivity contribution in [3.05, 3.63) is 0 Å². The van der Waals surface area contributed by atoms with E-state index in [1.807, 2.05) is 13.8 Å².